The lowest BCUT2D eigenvalue weighted by molar-refractivity contribution is -0.138. The molecule has 1 fully saturated rings. The first-order valence-corrected chi connectivity index (χ1v) is 6.76. The van der Waals surface area contributed by atoms with Crippen LogP contribution in [0.5, 0.6) is 0 Å². The number of carboxylic acid groups (broad SMARTS) is 1. The van der Waals surface area contributed by atoms with E-state index in [0.29, 0.717) is 5.82 Å². The van der Waals surface area contributed by atoms with Gasteiger partial charge in [0, 0.05) is 18.2 Å². The Hall–Kier alpha value is -1.89. The molecule has 1 aliphatic rings. The molecular formula is C13H20N4O3. The van der Waals surface area contributed by atoms with Crippen LogP contribution >= 0.6 is 0 Å². The molecule has 0 spiro atoms. The van der Waals surface area contributed by atoms with Gasteiger partial charge in [-0.05, 0) is 26.7 Å². The molecule has 1 saturated carbocycles. The second-order valence-electron chi connectivity index (χ2n) is 5.33. The largest absolute Gasteiger partial charge is 0.480 e. The molecule has 0 unspecified atom stereocenters. The molecule has 7 heteroatoms. The Morgan fingerprint density at radius 1 is 1.50 bits per heavy atom. The van der Waals surface area contributed by atoms with Crippen molar-refractivity contribution >= 4 is 17.7 Å². The highest BCUT2D eigenvalue weighted by atomic mass is 16.4. The summed E-state index contributed by atoms with van der Waals surface area (Å²) in [6, 6.07) is 2.11. The van der Waals surface area contributed by atoms with Crippen LogP contribution in [0.2, 0.25) is 0 Å². The summed E-state index contributed by atoms with van der Waals surface area (Å²) in [4.78, 5) is 24.5. The van der Waals surface area contributed by atoms with Crippen molar-refractivity contribution in [3.63, 3.8) is 0 Å². The maximum absolute atomic E-state index is 12.0. The summed E-state index contributed by atoms with van der Waals surface area (Å²) >= 11 is 0. The number of hydrogen-bond acceptors (Lipinski definition) is 4. The van der Waals surface area contributed by atoms with Crippen molar-refractivity contribution in [2.45, 2.75) is 38.8 Å². The van der Waals surface area contributed by atoms with Crippen LogP contribution in [-0.4, -0.2) is 50.8 Å². The molecule has 0 atom stereocenters. The minimum absolute atomic E-state index is 0.0957. The van der Waals surface area contributed by atoms with Crippen LogP contribution < -0.4 is 5.32 Å². The first-order chi connectivity index (χ1) is 9.47. The number of aromatic nitrogens is 2. The molecule has 1 aromatic rings. The van der Waals surface area contributed by atoms with E-state index in [4.69, 9.17) is 5.11 Å². The second kappa shape index (κ2) is 6.04. The third-order valence-electron chi connectivity index (χ3n) is 3.18. The number of rotatable bonds is 7. The van der Waals surface area contributed by atoms with E-state index in [2.05, 4.69) is 10.4 Å². The van der Waals surface area contributed by atoms with Gasteiger partial charge in [0.2, 0.25) is 5.91 Å². The third-order valence-corrected chi connectivity index (χ3v) is 3.18. The zero-order valence-corrected chi connectivity index (χ0v) is 11.7. The summed E-state index contributed by atoms with van der Waals surface area (Å²) in [7, 11) is 0. The number of carbonyl (C=O) groups is 2. The number of carbonyl (C=O) groups excluding carboxylic acids is 1. The highest BCUT2D eigenvalue weighted by Gasteiger charge is 2.31. The lowest BCUT2D eigenvalue weighted by Crippen LogP contribution is -2.38. The molecule has 1 aromatic heterocycles. The first kappa shape index (κ1) is 14.5. The summed E-state index contributed by atoms with van der Waals surface area (Å²) in [5, 5.41) is 15.8. The topological polar surface area (TPSA) is 87.5 Å². The zero-order chi connectivity index (χ0) is 14.7. The van der Waals surface area contributed by atoms with Gasteiger partial charge in [-0.3, -0.25) is 14.5 Å². The number of amides is 1. The summed E-state index contributed by atoms with van der Waals surface area (Å²) in [6.45, 7) is 3.95. The smallest absolute Gasteiger partial charge is 0.317 e. The average Bonchev–Trinajstić information content (AvgIpc) is 3.08. The molecule has 1 heterocycles. The van der Waals surface area contributed by atoms with Crippen LogP contribution in [0.1, 0.15) is 32.7 Å². The molecule has 0 aliphatic heterocycles. The Bertz CT molecular complexity index is 494. The molecule has 0 bridgehead atoms. The number of nitrogens with zero attached hydrogens (tertiary/aromatic N) is 3. The van der Waals surface area contributed by atoms with Gasteiger partial charge in [-0.25, -0.2) is 4.68 Å². The second-order valence-corrected chi connectivity index (χ2v) is 5.33. The molecule has 7 nitrogen and oxygen atoms in total. The van der Waals surface area contributed by atoms with Gasteiger partial charge in [0.05, 0.1) is 19.3 Å². The Kier molecular flexibility index (Phi) is 4.39. The van der Waals surface area contributed by atoms with Crippen molar-refractivity contribution in [1.29, 1.82) is 0 Å². The number of anilines is 1. The minimum Gasteiger partial charge on any atom is -0.480 e. The van der Waals surface area contributed by atoms with Gasteiger partial charge in [0.15, 0.2) is 0 Å². The molecule has 2 rings (SSSR count). The van der Waals surface area contributed by atoms with E-state index < -0.39 is 5.97 Å². The maximum atomic E-state index is 12.0. The SMILES string of the molecule is CC(C)n1nccc1NC(=O)CN(CC(=O)O)C1CC1. The highest BCUT2D eigenvalue weighted by Crippen LogP contribution is 2.26. The molecule has 1 aliphatic carbocycles. The molecule has 0 radical (unpaired) electrons. The average molecular weight is 280 g/mol. The molecular weight excluding hydrogens is 260 g/mol. The van der Waals surface area contributed by atoms with Crippen LogP contribution in [-0.2, 0) is 9.59 Å². The van der Waals surface area contributed by atoms with Crippen LogP contribution in [0.3, 0.4) is 0 Å². The number of nitrogens with one attached hydrogen (secondary N) is 1. The third kappa shape index (κ3) is 3.80. The van der Waals surface area contributed by atoms with E-state index in [1.165, 1.54) is 0 Å². The van der Waals surface area contributed by atoms with Gasteiger partial charge < -0.3 is 10.4 Å². The van der Waals surface area contributed by atoms with Crippen LogP contribution in [0.15, 0.2) is 12.3 Å². The van der Waals surface area contributed by atoms with Crippen molar-refractivity contribution in [3.05, 3.63) is 12.3 Å². The minimum atomic E-state index is -0.906. The van der Waals surface area contributed by atoms with E-state index in [0.717, 1.165) is 12.8 Å². The fourth-order valence-electron chi connectivity index (χ4n) is 2.12. The van der Waals surface area contributed by atoms with Crippen LogP contribution in [0.25, 0.3) is 0 Å². The van der Waals surface area contributed by atoms with Gasteiger partial charge in [0.25, 0.3) is 0 Å². The zero-order valence-electron chi connectivity index (χ0n) is 11.7. The van der Waals surface area contributed by atoms with Crippen molar-refractivity contribution < 1.29 is 14.7 Å². The number of aliphatic carboxylic acids is 1. The predicted molar refractivity (Wildman–Crippen MR) is 73.5 cm³/mol. The van der Waals surface area contributed by atoms with Gasteiger partial charge >= 0.3 is 5.97 Å². The number of hydrogen-bond donors (Lipinski definition) is 2. The Balaban J connectivity index is 1.93. The normalized spacial score (nSPS) is 14.8. The maximum Gasteiger partial charge on any atom is 0.317 e. The van der Waals surface area contributed by atoms with Gasteiger partial charge in [-0.15, -0.1) is 0 Å². The van der Waals surface area contributed by atoms with Crippen LogP contribution in [0, 0.1) is 0 Å². The van der Waals surface area contributed by atoms with Crippen LogP contribution in [0.4, 0.5) is 5.82 Å². The van der Waals surface area contributed by atoms with Gasteiger partial charge in [-0.1, -0.05) is 0 Å². The van der Waals surface area contributed by atoms with Crippen molar-refractivity contribution in [2.75, 3.05) is 18.4 Å². The van der Waals surface area contributed by atoms with E-state index >= 15 is 0 Å². The molecule has 0 saturated heterocycles. The summed E-state index contributed by atoms with van der Waals surface area (Å²) in [5.74, 6) is -0.478. The molecule has 110 valence electrons. The molecule has 2 N–H and O–H groups in total. The fourth-order valence-corrected chi connectivity index (χ4v) is 2.12. The monoisotopic (exact) mass is 280 g/mol. The summed E-state index contributed by atoms with van der Waals surface area (Å²) in [5.41, 5.74) is 0. The Morgan fingerprint density at radius 3 is 2.75 bits per heavy atom. The van der Waals surface area contributed by atoms with E-state index in [9.17, 15) is 9.59 Å². The summed E-state index contributed by atoms with van der Waals surface area (Å²) in [6.07, 6.45) is 3.56. The van der Waals surface area contributed by atoms with E-state index in [1.54, 1.807) is 21.8 Å². The lowest BCUT2D eigenvalue weighted by atomic mass is 10.4. The predicted octanol–water partition coefficient (Wildman–Crippen LogP) is 0.951. The lowest BCUT2D eigenvalue weighted by Gasteiger charge is -2.19. The standard InChI is InChI=1S/C13H20N4O3/c1-9(2)17-11(5-6-14-17)15-12(18)7-16(8-13(19)20)10-3-4-10/h5-6,9-10H,3-4,7-8H2,1-2H3,(H,15,18)(H,19,20). The molecule has 0 aromatic carbocycles. The van der Waals surface area contributed by atoms with Gasteiger partial charge in [-0.2, -0.15) is 5.10 Å². The van der Waals surface area contributed by atoms with Gasteiger partial charge in [0.1, 0.15) is 5.82 Å². The summed E-state index contributed by atoms with van der Waals surface area (Å²) < 4.78 is 1.72. The van der Waals surface area contributed by atoms with E-state index in [1.807, 2.05) is 13.8 Å². The molecule has 20 heavy (non-hydrogen) atoms. The molecule has 1 amide bonds. The Morgan fingerprint density at radius 2 is 2.20 bits per heavy atom. The fraction of sp³-hybridized carbons (Fsp3) is 0.615. The van der Waals surface area contributed by atoms with Crippen molar-refractivity contribution in [2.24, 2.45) is 0 Å². The van der Waals surface area contributed by atoms with E-state index in [-0.39, 0.29) is 31.1 Å². The highest BCUT2D eigenvalue weighted by molar-refractivity contribution is 5.91. The number of carboxylic acids is 1. The first-order valence-electron chi connectivity index (χ1n) is 6.76. The van der Waals surface area contributed by atoms with Crippen molar-refractivity contribution in [3.8, 4) is 0 Å². The Labute approximate surface area is 117 Å². The van der Waals surface area contributed by atoms with Crippen molar-refractivity contribution in [1.82, 2.24) is 14.7 Å². The quantitative estimate of drug-likeness (QED) is 0.776.